The van der Waals surface area contributed by atoms with Crippen LogP contribution in [0.2, 0.25) is 0 Å². The summed E-state index contributed by atoms with van der Waals surface area (Å²) < 4.78 is 0. The van der Waals surface area contributed by atoms with Gasteiger partial charge in [0, 0.05) is 24.5 Å². The minimum atomic E-state index is -0.0192. The van der Waals surface area contributed by atoms with E-state index in [9.17, 15) is 4.79 Å². The molecule has 1 saturated heterocycles. The molecule has 1 aromatic heterocycles. The molecule has 0 radical (unpaired) electrons. The summed E-state index contributed by atoms with van der Waals surface area (Å²) in [6, 6.07) is 3.85. The number of amides is 1. The van der Waals surface area contributed by atoms with E-state index in [1.54, 1.807) is 18.3 Å². The largest absolute Gasteiger partial charge is 0.348 e. The summed E-state index contributed by atoms with van der Waals surface area (Å²) in [6.07, 6.45) is 2.70. The van der Waals surface area contributed by atoms with Crippen molar-refractivity contribution in [2.45, 2.75) is 19.4 Å². The molecule has 15 heavy (non-hydrogen) atoms. The van der Waals surface area contributed by atoms with Crippen LogP contribution in [0.1, 0.15) is 22.5 Å². The first kappa shape index (κ1) is 10.1. The topological polar surface area (TPSA) is 54.0 Å². The normalized spacial score (nSPS) is 20.2. The van der Waals surface area contributed by atoms with Gasteiger partial charge in [-0.3, -0.25) is 9.78 Å². The molecule has 4 heteroatoms. The van der Waals surface area contributed by atoms with Crippen LogP contribution in [-0.2, 0) is 0 Å². The Balaban J connectivity index is 2.04. The Bertz CT molecular complexity index is 359. The van der Waals surface area contributed by atoms with Gasteiger partial charge in [0.15, 0.2) is 0 Å². The van der Waals surface area contributed by atoms with Gasteiger partial charge in [0.05, 0.1) is 5.56 Å². The van der Waals surface area contributed by atoms with Crippen molar-refractivity contribution >= 4 is 5.91 Å². The summed E-state index contributed by atoms with van der Waals surface area (Å²) in [5.41, 5.74) is 1.45. The third-order valence-corrected chi connectivity index (χ3v) is 2.65. The van der Waals surface area contributed by atoms with Gasteiger partial charge in [-0.15, -0.1) is 0 Å². The molecule has 1 aromatic rings. The third-order valence-electron chi connectivity index (χ3n) is 2.65. The highest BCUT2D eigenvalue weighted by Crippen LogP contribution is 2.05. The second kappa shape index (κ2) is 4.40. The molecule has 80 valence electrons. The van der Waals surface area contributed by atoms with Gasteiger partial charge in [-0.2, -0.15) is 0 Å². The summed E-state index contributed by atoms with van der Waals surface area (Å²) >= 11 is 0. The quantitative estimate of drug-likeness (QED) is 0.738. The Morgan fingerprint density at radius 1 is 1.67 bits per heavy atom. The van der Waals surface area contributed by atoms with E-state index in [1.807, 2.05) is 6.92 Å². The van der Waals surface area contributed by atoms with Crippen molar-refractivity contribution in [2.75, 3.05) is 13.1 Å². The summed E-state index contributed by atoms with van der Waals surface area (Å²) in [4.78, 5) is 15.9. The van der Waals surface area contributed by atoms with Crippen molar-refractivity contribution in [1.29, 1.82) is 0 Å². The number of nitrogens with one attached hydrogen (secondary N) is 2. The molecule has 1 aliphatic rings. The standard InChI is InChI=1S/C11H15N3O/c1-8-10(3-2-5-13-8)11(15)14-9-4-6-12-7-9/h2-3,5,9,12H,4,6-7H2,1H3,(H,14,15)/t9-/m0/s1. The Kier molecular flexibility index (Phi) is 2.97. The Hall–Kier alpha value is -1.42. The number of carbonyl (C=O) groups is 1. The summed E-state index contributed by atoms with van der Waals surface area (Å²) in [5, 5.41) is 6.21. The highest BCUT2D eigenvalue weighted by atomic mass is 16.1. The van der Waals surface area contributed by atoms with Crippen LogP contribution in [-0.4, -0.2) is 30.0 Å². The van der Waals surface area contributed by atoms with Gasteiger partial charge in [-0.05, 0) is 32.0 Å². The number of nitrogens with zero attached hydrogens (tertiary/aromatic N) is 1. The lowest BCUT2D eigenvalue weighted by Gasteiger charge is -2.11. The molecule has 2 heterocycles. The van der Waals surface area contributed by atoms with Crippen molar-refractivity contribution in [3.63, 3.8) is 0 Å². The Labute approximate surface area is 89.1 Å². The lowest BCUT2D eigenvalue weighted by molar-refractivity contribution is 0.0939. The molecule has 0 saturated carbocycles. The van der Waals surface area contributed by atoms with E-state index in [2.05, 4.69) is 15.6 Å². The number of aryl methyl sites for hydroxylation is 1. The molecule has 0 bridgehead atoms. The maximum absolute atomic E-state index is 11.8. The van der Waals surface area contributed by atoms with E-state index in [1.165, 1.54) is 0 Å². The van der Waals surface area contributed by atoms with Crippen molar-refractivity contribution in [3.05, 3.63) is 29.6 Å². The van der Waals surface area contributed by atoms with Gasteiger partial charge in [0.2, 0.25) is 0 Å². The molecule has 2 rings (SSSR count). The second-order valence-electron chi connectivity index (χ2n) is 3.80. The first-order chi connectivity index (χ1) is 7.27. The summed E-state index contributed by atoms with van der Waals surface area (Å²) in [5.74, 6) is -0.0192. The van der Waals surface area contributed by atoms with Crippen molar-refractivity contribution in [3.8, 4) is 0 Å². The van der Waals surface area contributed by atoms with Crippen LogP contribution in [0.15, 0.2) is 18.3 Å². The van der Waals surface area contributed by atoms with E-state index in [4.69, 9.17) is 0 Å². The fourth-order valence-electron chi connectivity index (χ4n) is 1.77. The molecule has 1 fully saturated rings. The predicted molar refractivity (Wildman–Crippen MR) is 57.7 cm³/mol. The highest BCUT2D eigenvalue weighted by Gasteiger charge is 2.18. The fourth-order valence-corrected chi connectivity index (χ4v) is 1.77. The molecular weight excluding hydrogens is 190 g/mol. The lowest BCUT2D eigenvalue weighted by Crippen LogP contribution is -2.36. The SMILES string of the molecule is Cc1ncccc1C(=O)N[C@H]1CCNC1. The number of pyridine rings is 1. The minimum absolute atomic E-state index is 0.0192. The van der Waals surface area contributed by atoms with Crippen LogP contribution in [0.25, 0.3) is 0 Å². The van der Waals surface area contributed by atoms with Gasteiger partial charge in [0.25, 0.3) is 5.91 Å². The van der Waals surface area contributed by atoms with Crippen LogP contribution < -0.4 is 10.6 Å². The molecule has 4 nitrogen and oxygen atoms in total. The number of hydrogen-bond donors (Lipinski definition) is 2. The van der Waals surface area contributed by atoms with Crippen molar-refractivity contribution < 1.29 is 4.79 Å². The molecule has 0 spiro atoms. The molecule has 0 aliphatic carbocycles. The van der Waals surface area contributed by atoms with Gasteiger partial charge < -0.3 is 10.6 Å². The summed E-state index contributed by atoms with van der Waals surface area (Å²) in [7, 11) is 0. The average molecular weight is 205 g/mol. The third kappa shape index (κ3) is 2.33. The Morgan fingerprint density at radius 2 is 2.53 bits per heavy atom. The molecule has 2 N–H and O–H groups in total. The number of carbonyl (C=O) groups excluding carboxylic acids is 1. The van der Waals surface area contributed by atoms with E-state index in [-0.39, 0.29) is 11.9 Å². The zero-order chi connectivity index (χ0) is 10.7. The van der Waals surface area contributed by atoms with Gasteiger partial charge in [0.1, 0.15) is 0 Å². The molecule has 1 amide bonds. The van der Waals surface area contributed by atoms with Gasteiger partial charge >= 0.3 is 0 Å². The van der Waals surface area contributed by atoms with Crippen LogP contribution in [0.3, 0.4) is 0 Å². The molecule has 0 unspecified atom stereocenters. The molecule has 0 aromatic carbocycles. The fraction of sp³-hybridized carbons (Fsp3) is 0.455. The predicted octanol–water partition coefficient (Wildman–Crippen LogP) is 0.482. The van der Waals surface area contributed by atoms with Crippen LogP contribution in [0.5, 0.6) is 0 Å². The maximum atomic E-state index is 11.8. The number of rotatable bonds is 2. The minimum Gasteiger partial charge on any atom is -0.348 e. The maximum Gasteiger partial charge on any atom is 0.253 e. The zero-order valence-corrected chi connectivity index (χ0v) is 8.79. The van der Waals surface area contributed by atoms with Crippen molar-refractivity contribution in [1.82, 2.24) is 15.6 Å². The highest BCUT2D eigenvalue weighted by molar-refractivity contribution is 5.95. The zero-order valence-electron chi connectivity index (χ0n) is 8.79. The average Bonchev–Trinajstić information content (AvgIpc) is 2.71. The van der Waals surface area contributed by atoms with E-state index < -0.39 is 0 Å². The lowest BCUT2D eigenvalue weighted by atomic mass is 10.1. The van der Waals surface area contributed by atoms with Crippen molar-refractivity contribution in [2.24, 2.45) is 0 Å². The smallest absolute Gasteiger partial charge is 0.253 e. The first-order valence-electron chi connectivity index (χ1n) is 5.20. The molecule has 1 atom stereocenters. The van der Waals surface area contributed by atoms with Crippen LogP contribution in [0.4, 0.5) is 0 Å². The van der Waals surface area contributed by atoms with Crippen LogP contribution in [0, 0.1) is 6.92 Å². The van der Waals surface area contributed by atoms with Gasteiger partial charge in [-0.25, -0.2) is 0 Å². The molecular formula is C11H15N3O. The van der Waals surface area contributed by atoms with E-state index >= 15 is 0 Å². The number of hydrogen-bond acceptors (Lipinski definition) is 3. The van der Waals surface area contributed by atoms with E-state index in [0.717, 1.165) is 25.2 Å². The van der Waals surface area contributed by atoms with E-state index in [0.29, 0.717) is 5.56 Å². The second-order valence-corrected chi connectivity index (χ2v) is 3.80. The van der Waals surface area contributed by atoms with Gasteiger partial charge in [-0.1, -0.05) is 0 Å². The monoisotopic (exact) mass is 205 g/mol. The molecule has 1 aliphatic heterocycles. The number of aromatic nitrogens is 1. The Morgan fingerprint density at radius 3 is 3.20 bits per heavy atom. The first-order valence-corrected chi connectivity index (χ1v) is 5.20. The van der Waals surface area contributed by atoms with Crippen LogP contribution >= 0.6 is 0 Å². The summed E-state index contributed by atoms with van der Waals surface area (Å²) in [6.45, 7) is 3.70.